The minimum absolute atomic E-state index is 0.124. The predicted molar refractivity (Wildman–Crippen MR) is 97.5 cm³/mol. The second-order valence-electron chi connectivity index (χ2n) is 7.37. The van der Waals surface area contributed by atoms with Gasteiger partial charge >= 0.3 is 0 Å². The van der Waals surface area contributed by atoms with Crippen molar-refractivity contribution in [2.75, 3.05) is 12.4 Å². The number of hydrogen-bond donors (Lipinski definition) is 0. The van der Waals surface area contributed by atoms with Crippen LogP contribution >= 0.6 is 11.3 Å². The maximum atomic E-state index is 12.7. The summed E-state index contributed by atoms with van der Waals surface area (Å²) < 4.78 is 38.2. The first kappa shape index (κ1) is 17.4. The SMILES string of the molecule is CC1(OC2CCCCO2)CC(CS(=O)(=O)c2nc3ccccc3s2)C1. The van der Waals surface area contributed by atoms with Gasteiger partial charge in [0.2, 0.25) is 14.2 Å². The van der Waals surface area contributed by atoms with Crippen LogP contribution in [0.4, 0.5) is 0 Å². The molecule has 4 rings (SSSR count). The monoisotopic (exact) mass is 381 g/mol. The van der Waals surface area contributed by atoms with Gasteiger partial charge in [-0.2, -0.15) is 0 Å². The van der Waals surface area contributed by atoms with Crippen molar-refractivity contribution >= 4 is 31.4 Å². The van der Waals surface area contributed by atoms with Crippen LogP contribution in [0.2, 0.25) is 0 Å². The average Bonchev–Trinajstić information content (AvgIpc) is 2.99. The van der Waals surface area contributed by atoms with Gasteiger partial charge in [0.05, 0.1) is 21.6 Å². The Morgan fingerprint density at radius 1 is 1.32 bits per heavy atom. The first-order valence-corrected chi connectivity index (χ1v) is 11.3. The lowest BCUT2D eigenvalue weighted by atomic mass is 9.73. The van der Waals surface area contributed by atoms with Crippen molar-refractivity contribution in [1.29, 1.82) is 0 Å². The molecular formula is C18H23NO4S2. The number of rotatable bonds is 5. The zero-order valence-corrected chi connectivity index (χ0v) is 15.9. The van der Waals surface area contributed by atoms with Gasteiger partial charge in [0.1, 0.15) is 0 Å². The molecule has 1 aromatic carbocycles. The van der Waals surface area contributed by atoms with Gasteiger partial charge < -0.3 is 9.47 Å². The Kier molecular flexibility index (Phi) is 4.60. The maximum absolute atomic E-state index is 12.7. The van der Waals surface area contributed by atoms with Crippen LogP contribution in [0.1, 0.15) is 39.0 Å². The lowest BCUT2D eigenvalue weighted by Crippen LogP contribution is -2.48. The molecule has 1 atom stereocenters. The van der Waals surface area contributed by atoms with E-state index in [1.807, 2.05) is 24.3 Å². The van der Waals surface area contributed by atoms with Gasteiger partial charge in [-0.3, -0.25) is 0 Å². The minimum atomic E-state index is -3.34. The fourth-order valence-electron chi connectivity index (χ4n) is 3.86. The highest BCUT2D eigenvalue weighted by Gasteiger charge is 2.45. The third-order valence-electron chi connectivity index (χ3n) is 4.99. The van der Waals surface area contributed by atoms with E-state index in [1.165, 1.54) is 11.3 Å². The topological polar surface area (TPSA) is 65.5 Å². The summed E-state index contributed by atoms with van der Waals surface area (Å²) in [6, 6.07) is 7.53. The Hall–Kier alpha value is -1.02. The summed E-state index contributed by atoms with van der Waals surface area (Å²) in [5, 5.41) is 0. The van der Waals surface area contributed by atoms with Gasteiger partial charge in [-0.1, -0.05) is 12.1 Å². The van der Waals surface area contributed by atoms with Crippen LogP contribution in [-0.4, -0.2) is 37.7 Å². The van der Waals surface area contributed by atoms with E-state index in [4.69, 9.17) is 9.47 Å². The number of para-hydroxylation sites is 1. The largest absolute Gasteiger partial charge is 0.353 e. The molecule has 2 fully saturated rings. The number of hydrogen-bond acceptors (Lipinski definition) is 6. The smallest absolute Gasteiger partial charge is 0.210 e. The van der Waals surface area contributed by atoms with Crippen LogP contribution in [0.15, 0.2) is 28.6 Å². The van der Waals surface area contributed by atoms with E-state index in [0.29, 0.717) is 0 Å². The molecule has 1 saturated heterocycles. The van der Waals surface area contributed by atoms with Crippen molar-refractivity contribution in [3.05, 3.63) is 24.3 Å². The number of aromatic nitrogens is 1. The Morgan fingerprint density at radius 3 is 2.84 bits per heavy atom. The molecule has 2 aromatic rings. The van der Waals surface area contributed by atoms with Gasteiger partial charge in [-0.25, -0.2) is 13.4 Å². The first-order chi connectivity index (χ1) is 11.9. The number of nitrogens with zero attached hydrogens (tertiary/aromatic N) is 1. The molecule has 0 N–H and O–H groups in total. The van der Waals surface area contributed by atoms with Crippen molar-refractivity contribution in [2.45, 2.75) is 55.3 Å². The Balaban J connectivity index is 1.37. The number of ether oxygens (including phenoxy) is 2. The zero-order chi connectivity index (χ0) is 17.5. The standard InChI is InChI=1S/C18H23NO4S2/c1-18(23-16-8-4-5-9-22-16)10-13(11-18)12-25(20,21)17-19-14-6-2-3-7-15(14)24-17/h2-3,6-7,13,16H,4-5,8-12H2,1H3. The summed E-state index contributed by atoms with van der Waals surface area (Å²) in [4.78, 5) is 4.31. The molecule has 1 aliphatic carbocycles. The lowest BCUT2D eigenvalue weighted by molar-refractivity contribution is -0.248. The second kappa shape index (κ2) is 6.61. The highest BCUT2D eigenvalue weighted by atomic mass is 32.2. The summed E-state index contributed by atoms with van der Waals surface area (Å²) in [6.45, 7) is 2.82. The third-order valence-corrected chi connectivity index (χ3v) is 8.37. The van der Waals surface area contributed by atoms with E-state index < -0.39 is 9.84 Å². The van der Waals surface area contributed by atoms with E-state index in [0.717, 1.165) is 48.9 Å². The van der Waals surface area contributed by atoms with Crippen molar-refractivity contribution in [1.82, 2.24) is 4.98 Å². The van der Waals surface area contributed by atoms with Crippen LogP contribution < -0.4 is 0 Å². The van der Waals surface area contributed by atoms with Crippen molar-refractivity contribution in [3.63, 3.8) is 0 Å². The van der Waals surface area contributed by atoms with Gasteiger partial charge in [0, 0.05) is 6.61 Å². The highest BCUT2D eigenvalue weighted by Crippen LogP contribution is 2.43. The van der Waals surface area contributed by atoms with Gasteiger partial charge in [0.25, 0.3) is 0 Å². The van der Waals surface area contributed by atoms with Gasteiger partial charge in [0.15, 0.2) is 6.29 Å². The number of fused-ring (bicyclic) bond motifs is 1. The van der Waals surface area contributed by atoms with Crippen LogP contribution in [0.5, 0.6) is 0 Å². The van der Waals surface area contributed by atoms with Gasteiger partial charge in [-0.05, 0) is 57.1 Å². The van der Waals surface area contributed by atoms with Crippen LogP contribution in [-0.2, 0) is 19.3 Å². The summed E-state index contributed by atoms with van der Waals surface area (Å²) in [6.07, 6.45) is 4.56. The zero-order valence-electron chi connectivity index (χ0n) is 14.3. The second-order valence-corrected chi connectivity index (χ2v) is 10.6. The van der Waals surface area contributed by atoms with E-state index in [9.17, 15) is 8.42 Å². The van der Waals surface area contributed by atoms with Crippen LogP contribution in [0, 0.1) is 5.92 Å². The van der Waals surface area contributed by atoms with Crippen LogP contribution in [0.25, 0.3) is 10.2 Å². The molecule has 0 amide bonds. The van der Waals surface area contributed by atoms with E-state index in [2.05, 4.69) is 11.9 Å². The highest BCUT2D eigenvalue weighted by molar-refractivity contribution is 7.93. The number of thiazole rings is 1. The fraction of sp³-hybridized carbons (Fsp3) is 0.611. The van der Waals surface area contributed by atoms with E-state index in [-0.39, 0.29) is 27.9 Å². The molecule has 7 heteroatoms. The third kappa shape index (κ3) is 3.74. The molecule has 1 aliphatic heterocycles. The van der Waals surface area contributed by atoms with Crippen molar-refractivity contribution < 1.29 is 17.9 Å². The number of benzene rings is 1. The normalized spacial score (nSPS) is 30.3. The molecule has 5 nitrogen and oxygen atoms in total. The molecular weight excluding hydrogens is 358 g/mol. The summed E-state index contributed by atoms with van der Waals surface area (Å²) >= 11 is 1.26. The lowest BCUT2D eigenvalue weighted by Gasteiger charge is -2.46. The molecule has 1 saturated carbocycles. The maximum Gasteiger partial charge on any atom is 0.210 e. The predicted octanol–water partition coefficient (Wildman–Crippen LogP) is 3.78. The Labute approximate surface area is 152 Å². The van der Waals surface area contributed by atoms with Gasteiger partial charge in [-0.15, -0.1) is 11.3 Å². The number of sulfone groups is 1. The van der Waals surface area contributed by atoms with E-state index >= 15 is 0 Å². The molecule has 0 spiro atoms. The first-order valence-electron chi connectivity index (χ1n) is 8.81. The van der Waals surface area contributed by atoms with Crippen molar-refractivity contribution in [3.8, 4) is 0 Å². The Bertz CT molecular complexity index is 816. The summed E-state index contributed by atoms with van der Waals surface area (Å²) in [5.74, 6) is 0.280. The minimum Gasteiger partial charge on any atom is -0.353 e. The van der Waals surface area contributed by atoms with E-state index in [1.54, 1.807) is 0 Å². The molecule has 2 heterocycles. The van der Waals surface area contributed by atoms with Crippen molar-refractivity contribution in [2.24, 2.45) is 5.92 Å². The average molecular weight is 382 g/mol. The molecule has 1 unspecified atom stereocenters. The Morgan fingerprint density at radius 2 is 2.12 bits per heavy atom. The molecule has 2 aliphatic rings. The molecule has 25 heavy (non-hydrogen) atoms. The van der Waals surface area contributed by atoms with Crippen LogP contribution in [0.3, 0.4) is 0 Å². The summed E-state index contributed by atoms with van der Waals surface area (Å²) in [5.41, 5.74) is 0.498. The quantitative estimate of drug-likeness (QED) is 0.788. The molecule has 136 valence electrons. The molecule has 1 aromatic heterocycles. The molecule has 0 bridgehead atoms. The molecule has 0 radical (unpaired) electrons. The summed E-state index contributed by atoms with van der Waals surface area (Å²) in [7, 11) is -3.34. The fourth-order valence-corrected chi connectivity index (χ4v) is 6.78.